The summed E-state index contributed by atoms with van der Waals surface area (Å²) in [6, 6.07) is 0. The van der Waals surface area contributed by atoms with E-state index in [0.29, 0.717) is 0 Å². The summed E-state index contributed by atoms with van der Waals surface area (Å²) in [4.78, 5) is 0. The molecular weight excluding hydrogens is 110 g/mol. The Morgan fingerprint density at radius 2 is 1.89 bits per heavy atom. The van der Waals surface area contributed by atoms with Gasteiger partial charge in [-0.1, -0.05) is 32.9 Å². The molecule has 0 heterocycles. The van der Waals surface area contributed by atoms with Crippen molar-refractivity contribution in [3.05, 3.63) is 24.4 Å². The molecule has 0 aromatic rings. The Kier molecular flexibility index (Phi) is 12.7. The Labute approximate surface area is 58.3 Å². The summed E-state index contributed by atoms with van der Waals surface area (Å²) in [5.41, 5.74) is 5.99. The highest BCUT2D eigenvalue weighted by atomic mass is 14.5. The van der Waals surface area contributed by atoms with E-state index < -0.39 is 0 Å². The van der Waals surface area contributed by atoms with Crippen molar-refractivity contribution in [1.82, 2.24) is 0 Å². The van der Waals surface area contributed by atoms with E-state index in [4.69, 9.17) is 5.73 Å². The van der Waals surface area contributed by atoms with Crippen LogP contribution in [0.25, 0.3) is 0 Å². The Morgan fingerprint density at radius 3 is 1.89 bits per heavy atom. The molecule has 0 aromatic carbocycles. The monoisotopic (exact) mass is 127 g/mol. The molecule has 0 spiro atoms. The minimum Gasteiger partial charge on any atom is -0.402 e. The molecule has 0 bridgehead atoms. The maximum Gasteiger partial charge on any atom is 0.00486 e. The maximum absolute atomic E-state index is 5.19. The van der Waals surface area contributed by atoms with Crippen molar-refractivity contribution in [2.24, 2.45) is 5.73 Å². The lowest BCUT2D eigenvalue weighted by Gasteiger charge is -1.78. The summed E-state index contributed by atoms with van der Waals surface area (Å²) < 4.78 is 0. The standard InChI is InChI=1S/C5H9N.C3H8/c1-3-4-5(2)6;1-3-2/h3-4H,1,6H2,2H3;3H2,1-2H3/b5-4+;. The van der Waals surface area contributed by atoms with Crippen LogP contribution in [0.15, 0.2) is 24.4 Å². The first-order chi connectivity index (χ1) is 4.18. The zero-order chi connectivity index (χ0) is 7.70. The quantitative estimate of drug-likeness (QED) is 0.538. The van der Waals surface area contributed by atoms with Crippen molar-refractivity contribution in [2.75, 3.05) is 0 Å². The van der Waals surface area contributed by atoms with Crippen LogP contribution in [0.2, 0.25) is 0 Å². The van der Waals surface area contributed by atoms with Crippen LogP contribution in [0.5, 0.6) is 0 Å². The number of hydrogen-bond acceptors (Lipinski definition) is 1. The zero-order valence-corrected chi connectivity index (χ0v) is 6.65. The normalized spacial score (nSPS) is 9.44. The second-order valence-electron chi connectivity index (χ2n) is 1.85. The molecule has 0 aliphatic rings. The van der Waals surface area contributed by atoms with E-state index in [1.165, 1.54) is 6.42 Å². The molecule has 0 unspecified atom stereocenters. The second kappa shape index (κ2) is 10.3. The van der Waals surface area contributed by atoms with Crippen LogP contribution in [-0.4, -0.2) is 0 Å². The largest absolute Gasteiger partial charge is 0.402 e. The van der Waals surface area contributed by atoms with Gasteiger partial charge in [0.1, 0.15) is 0 Å². The van der Waals surface area contributed by atoms with E-state index in [2.05, 4.69) is 20.4 Å². The van der Waals surface area contributed by atoms with Crippen molar-refractivity contribution in [3.63, 3.8) is 0 Å². The van der Waals surface area contributed by atoms with Gasteiger partial charge in [-0.3, -0.25) is 0 Å². The second-order valence-corrected chi connectivity index (χ2v) is 1.85. The van der Waals surface area contributed by atoms with Crippen LogP contribution in [0, 0.1) is 0 Å². The van der Waals surface area contributed by atoms with Gasteiger partial charge in [0.15, 0.2) is 0 Å². The SMILES string of the molecule is C=C/C=C(\C)N.CCC. The van der Waals surface area contributed by atoms with Gasteiger partial charge in [-0.15, -0.1) is 0 Å². The molecule has 1 nitrogen and oxygen atoms in total. The van der Waals surface area contributed by atoms with Crippen LogP contribution >= 0.6 is 0 Å². The molecule has 0 saturated heterocycles. The van der Waals surface area contributed by atoms with E-state index in [1.807, 2.05) is 6.92 Å². The van der Waals surface area contributed by atoms with Crippen LogP contribution in [0.1, 0.15) is 27.2 Å². The summed E-state index contributed by atoms with van der Waals surface area (Å²) in [6.07, 6.45) is 4.66. The molecule has 0 rings (SSSR count). The minimum atomic E-state index is 0.796. The molecule has 0 fully saturated rings. The van der Waals surface area contributed by atoms with E-state index in [0.717, 1.165) is 5.70 Å². The van der Waals surface area contributed by atoms with Crippen LogP contribution in [0.3, 0.4) is 0 Å². The molecule has 0 radical (unpaired) electrons. The number of hydrogen-bond donors (Lipinski definition) is 1. The molecule has 0 aliphatic carbocycles. The van der Waals surface area contributed by atoms with E-state index in [-0.39, 0.29) is 0 Å². The fourth-order valence-corrected chi connectivity index (χ4v) is 0.186. The molecule has 9 heavy (non-hydrogen) atoms. The predicted molar refractivity (Wildman–Crippen MR) is 44.1 cm³/mol. The molecule has 0 saturated carbocycles. The van der Waals surface area contributed by atoms with Gasteiger partial charge in [0.05, 0.1) is 0 Å². The number of nitrogens with two attached hydrogens (primary N) is 1. The zero-order valence-electron chi connectivity index (χ0n) is 6.65. The third-order valence-corrected chi connectivity index (χ3v) is 0.381. The highest BCUT2D eigenvalue weighted by Gasteiger charge is 1.63. The summed E-state index contributed by atoms with van der Waals surface area (Å²) in [5.74, 6) is 0. The first-order valence-electron chi connectivity index (χ1n) is 3.23. The number of allylic oxidation sites excluding steroid dienone is 3. The lowest BCUT2D eigenvalue weighted by Crippen LogP contribution is -1.87. The van der Waals surface area contributed by atoms with Gasteiger partial charge in [-0.2, -0.15) is 0 Å². The van der Waals surface area contributed by atoms with Gasteiger partial charge in [-0.25, -0.2) is 0 Å². The van der Waals surface area contributed by atoms with Gasteiger partial charge in [-0.05, 0) is 13.0 Å². The molecule has 2 N–H and O–H groups in total. The fraction of sp³-hybridized carbons (Fsp3) is 0.500. The minimum absolute atomic E-state index is 0.796. The fourth-order valence-electron chi connectivity index (χ4n) is 0.186. The Balaban J connectivity index is 0. The van der Waals surface area contributed by atoms with Crippen LogP contribution in [-0.2, 0) is 0 Å². The van der Waals surface area contributed by atoms with Gasteiger partial charge in [0, 0.05) is 5.70 Å². The van der Waals surface area contributed by atoms with Crippen molar-refractivity contribution in [3.8, 4) is 0 Å². The molecular formula is C8H17N. The van der Waals surface area contributed by atoms with Gasteiger partial charge in [0.2, 0.25) is 0 Å². The topological polar surface area (TPSA) is 26.0 Å². The average Bonchev–Trinajstić information content (AvgIpc) is 1.67. The molecule has 54 valence electrons. The Hall–Kier alpha value is -0.720. The highest BCUT2D eigenvalue weighted by Crippen LogP contribution is 1.75. The summed E-state index contributed by atoms with van der Waals surface area (Å²) in [5, 5.41) is 0. The van der Waals surface area contributed by atoms with Crippen molar-refractivity contribution >= 4 is 0 Å². The highest BCUT2D eigenvalue weighted by molar-refractivity contribution is 5.03. The molecule has 0 amide bonds. The van der Waals surface area contributed by atoms with Crippen molar-refractivity contribution < 1.29 is 0 Å². The van der Waals surface area contributed by atoms with Crippen LogP contribution in [0.4, 0.5) is 0 Å². The lowest BCUT2D eigenvalue weighted by molar-refractivity contribution is 1.09. The first-order valence-corrected chi connectivity index (χ1v) is 3.23. The Bertz CT molecular complexity index is 78.6. The van der Waals surface area contributed by atoms with E-state index >= 15 is 0 Å². The van der Waals surface area contributed by atoms with E-state index in [9.17, 15) is 0 Å². The maximum atomic E-state index is 5.19. The van der Waals surface area contributed by atoms with Crippen LogP contribution < -0.4 is 5.73 Å². The van der Waals surface area contributed by atoms with Gasteiger partial charge < -0.3 is 5.73 Å². The molecule has 0 aromatic heterocycles. The molecule has 0 atom stereocenters. The van der Waals surface area contributed by atoms with Crippen molar-refractivity contribution in [1.29, 1.82) is 0 Å². The number of rotatable bonds is 1. The lowest BCUT2D eigenvalue weighted by atomic mass is 10.4. The third-order valence-electron chi connectivity index (χ3n) is 0.381. The van der Waals surface area contributed by atoms with E-state index in [1.54, 1.807) is 12.2 Å². The first kappa shape index (κ1) is 11.1. The smallest absolute Gasteiger partial charge is 0.00486 e. The Morgan fingerprint density at radius 1 is 1.56 bits per heavy atom. The summed E-state index contributed by atoms with van der Waals surface area (Å²) in [6.45, 7) is 9.52. The molecule has 1 heteroatoms. The van der Waals surface area contributed by atoms with Crippen molar-refractivity contribution in [2.45, 2.75) is 27.2 Å². The van der Waals surface area contributed by atoms with Gasteiger partial charge >= 0.3 is 0 Å². The predicted octanol–water partition coefficient (Wildman–Crippen LogP) is 2.45. The third kappa shape index (κ3) is 39.0. The summed E-state index contributed by atoms with van der Waals surface area (Å²) in [7, 11) is 0. The molecule has 0 aliphatic heterocycles. The average molecular weight is 127 g/mol. The summed E-state index contributed by atoms with van der Waals surface area (Å²) >= 11 is 0. The van der Waals surface area contributed by atoms with Gasteiger partial charge in [0.25, 0.3) is 0 Å².